The van der Waals surface area contributed by atoms with E-state index in [1.165, 1.54) is 32.8 Å². The average Bonchev–Trinajstić information content (AvgIpc) is 3.08. The molecule has 0 spiro atoms. The summed E-state index contributed by atoms with van der Waals surface area (Å²) >= 11 is 0. The van der Waals surface area contributed by atoms with Gasteiger partial charge in [-0.15, -0.1) is 0 Å². The average molecular weight is 651 g/mol. The van der Waals surface area contributed by atoms with Crippen LogP contribution < -0.4 is 5.32 Å². The van der Waals surface area contributed by atoms with Gasteiger partial charge in [0.1, 0.15) is 6.04 Å². The number of nitrogens with zero attached hydrogens (tertiary/aromatic N) is 3. The van der Waals surface area contributed by atoms with Crippen molar-refractivity contribution in [1.29, 1.82) is 5.26 Å². The fourth-order valence-electron chi connectivity index (χ4n) is 8.11. The van der Waals surface area contributed by atoms with E-state index in [9.17, 15) is 29.2 Å². The zero-order chi connectivity index (χ0) is 34.6. The summed E-state index contributed by atoms with van der Waals surface area (Å²) < 4.78 is 10.8. The van der Waals surface area contributed by atoms with Gasteiger partial charge in [-0.3, -0.25) is 33.8 Å². The summed E-state index contributed by atoms with van der Waals surface area (Å²) in [7, 11) is 4.50. The topological polar surface area (TPSA) is 146 Å². The predicted molar refractivity (Wildman–Crippen MR) is 175 cm³/mol. The molecule has 48 heavy (non-hydrogen) atoms. The van der Waals surface area contributed by atoms with Crippen LogP contribution in [-0.2, 0) is 39.9 Å². The van der Waals surface area contributed by atoms with Gasteiger partial charge < -0.3 is 14.8 Å². The molecule has 0 saturated carbocycles. The van der Waals surface area contributed by atoms with Crippen molar-refractivity contribution < 1.29 is 33.4 Å². The van der Waals surface area contributed by atoms with Gasteiger partial charge in [-0.25, -0.2) is 0 Å². The Kier molecular flexibility index (Phi) is 8.66. The van der Waals surface area contributed by atoms with Crippen LogP contribution in [-0.4, -0.2) is 96.9 Å². The van der Waals surface area contributed by atoms with E-state index in [-0.39, 0.29) is 70.3 Å². The molecule has 1 aromatic carbocycles. The molecular weight excluding hydrogens is 612 g/mol. The number of nitriles is 1. The smallest absolute Gasteiger partial charge is 0.244 e. The Morgan fingerprint density at radius 3 is 2.04 bits per heavy atom. The van der Waals surface area contributed by atoms with Crippen LogP contribution in [0.4, 0.5) is 0 Å². The van der Waals surface area contributed by atoms with Crippen molar-refractivity contribution in [2.45, 2.75) is 70.2 Å². The Hall–Kier alpha value is -4.92. The number of likely N-dealkylation sites (N-methyl/N-ethyl adjacent to an activating group) is 1. The molecule has 0 radical (unpaired) electrons. The van der Waals surface area contributed by atoms with E-state index >= 15 is 0 Å². The number of piperazine rings is 1. The second-order valence-corrected chi connectivity index (χ2v) is 12.8. The fraction of sp³-hybridized carbons (Fsp3) is 0.405. The number of aryl methyl sites for hydroxylation is 1. The molecule has 5 atom stereocenters. The van der Waals surface area contributed by atoms with E-state index in [0.29, 0.717) is 5.57 Å². The molecule has 3 aliphatic heterocycles. The highest BCUT2D eigenvalue weighted by Gasteiger charge is 2.59. The molecular formula is C37H38N4O7. The van der Waals surface area contributed by atoms with Crippen molar-refractivity contribution in [1.82, 2.24) is 15.1 Å². The second-order valence-electron chi connectivity index (χ2n) is 12.8. The highest BCUT2D eigenvalue weighted by atomic mass is 16.5. The number of allylic oxidation sites excluding steroid dienone is 4. The summed E-state index contributed by atoms with van der Waals surface area (Å²) in [5, 5.41) is 13.6. The minimum atomic E-state index is -0.895. The minimum Gasteiger partial charge on any atom is -0.492 e. The SMILES string of the molecule is CCc1ccc(/C=C/C(=O)NC[C@H]2C3=C(C[C@H]4[C@H]5C6=C(C[C@@H]([C@H](C#N)N24)N5C)C(=O)C(C)=C(OC)C6=O)C(=O)C(C)=C(OC)C3=O)cc1. The quantitative estimate of drug-likeness (QED) is 0.345. The summed E-state index contributed by atoms with van der Waals surface area (Å²) in [4.78, 5) is 72.4. The number of carbonyl (C=O) groups is 5. The normalized spacial score (nSPS) is 27.6. The predicted octanol–water partition coefficient (Wildman–Crippen LogP) is 2.54. The summed E-state index contributed by atoms with van der Waals surface area (Å²) in [6.45, 7) is 5.07. The van der Waals surface area contributed by atoms with Crippen molar-refractivity contribution in [3.8, 4) is 6.07 Å². The number of Topliss-reactive ketones (excluding diaryl/α,β-unsaturated/α-hetero) is 4. The van der Waals surface area contributed by atoms with E-state index in [1.54, 1.807) is 13.0 Å². The van der Waals surface area contributed by atoms with Gasteiger partial charge in [0, 0.05) is 58.1 Å². The number of hydrogen-bond donors (Lipinski definition) is 1. The van der Waals surface area contributed by atoms with E-state index in [4.69, 9.17) is 9.47 Å². The number of rotatable bonds is 7. The molecule has 3 heterocycles. The first-order valence-corrected chi connectivity index (χ1v) is 16.1. The molecule has 1 amide bonds. The van der Waals surface area contributed by atoms with Gasteiger partial charge in [0.15, 0.2) is 23.1 Å². The number of ether oxygens (including phenoxy) is 2. The first-order chi connectivity index (χ1) is 23.0. The van der Waals surface area contributed by atoms with Crippen LogP contribution in [0.2, 0.25) is 0 Å². The highest BCUT2D eigenvalue weighted by molar-refractivity contribution is 6.26. The maximum absolute atomic E-state index is 14.0. The Balaban J connectivity index is 1.42. The number of hydrogen-bond acceptors (Lipinski definition) is 10. The van der Waals surface area contributed by atoms with Crippen LogP contribution >= 0.6 is 0 Å². The lowest BCUT2D eigenvalue weighted by Crippen LogP contribution is -2.74. The van der Waals surface area contributed by atoms with Crippen molar-refractivity contribution in [2.75, 3.05) is 27.8 Å². The number of ketones is 4. The van der Waals surface area contributed by atoms with Crippen LogP contribution in [0.25, 0.3) is 6.08 Å². The van der Waals surface area contributed by atoms with Crippen LogP contribution in [0.15, 0.2) is 75.3 Å². The van der Waals surface area contributed by atoms with Gasteiger partial charge in [0.25, 0.3) is 0 Å². The second kappa shape index (κ2) is 12.6. The standard InChI is InChI=1S/C37H38N4O7/c1-7-20-8-10-21(11-9-20)12-13-28(42)39-17-27-29-22(32(43)18(2)36(47-5)34(29)45)15-25-31-30-23(33(44)19(3)37(48-6)35(30)46)14-24(40(31)4)26(16-38)41(25)27/h8-13,24-27,31H,7,14-15,17H2,1-6H3,(H,39,42)/b13-12+/t24-,25-,26-,27-,31-/m0/s1. The van der Waals surface area contributed by atoms with Crippen molar-refractivity contribution in [3.05, 3.63) is 86.4 Å². The van der Waals surface area contributed by atoms with Gasteiger partial charge >= 0.3 is 0 Å². The van der Waals surface area contributed by atoms with Gasteiger partial charge in [0.05, 0.1) is 32.4 Å². The maximum atomic E-state index is 14.0. The molecule has 1 aromatic rings. The number of fused-ring (bicyclic) bond motifs is 5. The first-order valence-electron chi connectivity index (χ1n) is 16.1. The molecule has 0 unspecified atom stereocenters. The van der Waals surface area contributed by atoms with Crippen molar-refractivity contribution in [2.24, 2.45) is 0 Å². The number of carbonyl (C=O) groups excluding carboxylic acids is 5. The Morgan fingerprint density at radius 1 is 0.917 bits per heavy atom. The van der Waals surface area contributed by atoms with Crippen molar-refractivity contribution in [3.63, 3.8) is 0 Å². The summed E-state index contributed by atoms with van der Waals surface area (Å²) in [6, 6.07) is 6.65. The zero-order valence-electron chi connectivity index (χ0n) is 27.9. The molecule has 1 fully saturated rings. The molecule has 11 heteroatoms. The van der Waals surface area contributed by atoms with E-state index in [0.717, 1.165) is 12.0 Å². The third-order valence-corrected chi connectivity index (χ3v) is 10.5. The molecule has 11 nitrogen and oxygen atoms in total. The summed E-state index contributed by atoms with van der Waals surface area (Å²) in [5.41, 5.74) is 3.49. The molecule has 5 aliphatic rings. The Labute approximate surface area is 279 Å². The molecule has 0 aromatic heterocycles. The summed E-state index contributed by atoms with van der Waals surface area (Å²) in [6.07, 6.45) is 4.18. The molecule has 248 valence electrons. The van der Waals surface area contributed by atoms with Gasteiger partial charge in [0.2, 0.25) is 17.5 Å². The minimum absolute atomic E-state index is 0.0253. The van der Waals surface area contributed by atoms with Gasteiger partial charge in [-0.05, 0) is 57.4 Å². The molecule has 6 rings (SSSR count). The van der Waals surface area contributed by atoms with E-state index < -0.39 is 47.7 Å². The maximum Gasteiger partial charge on any atom is 0.244 e. The zero-order valence-corrected chi connectivity index (χ0v) is 27.9. The third kappa shape index (κ3) is 4.98. The monoisotopic (exact) mass is 650 g/mol. The van der Waals surface area contributed by atoms with Crippen molar-refractivity contribution >= 4 is 35.1 Å². The molecule has 2 bridgehead atoms. The lowest BCUT2D eigenvalue weighted by Gasteiger charge is -2.60. The van der Waals surface area contributed by atoms with Crippen LogP contribution in [0, 0.1) is 11.3 Å². The lowest BCUT2D eigenvalue weighted by atomic mass is 9.67. The molecule has 1 saturated heterocycles. The molecule has 1 N–H and O–H groups in total. The number of amides is 1. The number of benzene rings is 1. The number of methoxy groups -OCH3 is 2. The first kappa shape index (κ1) is 33.0. The van der Waals surface area contributed by atoms with E-state index in [1.807, 2.05) is 41.1 Å². The van der Waals surface area contributed by atoms with Crippen LogP contribution in [0.1, 0.15) is 44.7 Å². The van der Waals surface area contributed by atoms with Gasteiger partial charge in [-0.2, -0.15) is 5.26 Å². The van der Waals surface area contributed by atoms with E-state index in [2.05, 4.69) is 18.3 Å². The Morgan fingerprint density at radius 2 is 1.48 bits per heavy atom. The number of nitrogens with one attached hydrogen (secondary N) is 1. The largest absolute Gasteiger partial charge is 0.492 e. The lowest BCUT2D eigenvalue weighted by molar-refractivity contribution is -0.125. The third-order valence-electron chi connectivity index (χ3n) is 10.5. The summed E-state index contributed by atoms with van der Waals surface area (Å²) in [5.74, 6) is -2.05. The molecule has 2 aliphatic carbocycles. The van der Waals surface area contributed by atoms with Crippen LogP contribution in [0.5, 0.6) is 0 Å². The van der Waals surface area contributed by atoms with Gasteiger partial charge in [-0.1, -0.05) is 31.2 Å². The van der Waals surface area contributed by atoms with Crippen LogP contribution in [0.3, 0.4) is 0 Å². The fourth-order valence-corrected chi connectivity index (χ4v) is 8.11. The Bertz CT molecular complexity index is 1860. The highest BCUT2D eigenvalue weighted by Crippen LogP contribution is 2.49.